The third-order valence-electron chi connectivity index (χ3n) is 5.40. The summed E-state index contributed by atoms with van der Waals surface area (Å²) in [6.45, 7) is 7.74. The molecule has 0 aromatic heterocycles. The van der Waals surface area contributed by atoms with Gasteiger partial charge in [-0.25, -0.2) is 4.79 Å². The Labute approximate surface area is 156 Å². The lowest BCUT2D eigenvalue weighted by Gasteiger charge is -2.31. The van der Waals surface area contributed by atoms with Gasteiger partial charge in [-0.2, -0.15) is 0 Å². The van der Waals surface area contributed by atoms with Crippen molar-refractivity contribution in [1.29, 1.82) is 0 Å². The van der Waals surface area contributed by atoms with Gasteiger partial charge in [0.05, 0.1) is 23.9 Å². The number of likely N-dealkylation sites (N-methyl/N-ethyl adjacent to an activating group) is 1. The largest absolute Gasteiger partial charge is 0.333 e. The van der Waals surface area contributed by atoms with E-state index in [2.05, 4.69) is 38.2 Å². The lowest BCUT2D eigenvalue weighted by Crippen LogP contribution is -2.45. The summed E-state index contributed by atoms with van der Waals surface area (Å²) < 4.78 is 0. The fourth-order valence-corrected chi connectivity index (χ4v) is 3.68. The molecule has 3 amide bonds. The molecule has 1 aromatic rings. The summed E-state index contributed by atoms with van der Waals surface area (Å²) in [5.74, 6) is 0.508. The first-order chi connectivity index (χ1) is 12.4. The van der Waals surface area contributed by atoms with Crippen LogP contribution in [0.4, 0.5) is 4.79 Å². The highest BCUT2D eigenvalue weighted by Gasteiger charge is 2.42. The zero-order chi connectivity index (χ0) is 18.8. The number of nitrogens with zero attached hydrogens (tertiary/aromatic N) is 2. The van der Waals surface area contributed by atoms with Gasteiger partial charge in [-0.15, -0.1) is 0 Å². The van der Waals surface area contributed by atoms with E-state index in [0.29, 0.717) is 12.5 Å². The second kappa shape index (κ2) is 7.52. The minimum atomic E-state index is -0.362. The van der Waals surface area contributed by atoms with E-state index in [1.807, 2.05) is 17.0 Å². The van der Waals surface area contributed by atoms with Gasteiger partial charge in [0.15, 0.2) is 0 Å². The van der Waals surface area contributed by atoms with Crippen LogP contribution in [0.1, 0.15) is 63.1 Å². The predicted molar refractivity (Wildman–Crippen MR) is 103 cm³/mol. The van der Waals surface area contributed by atoms with Gasteiger partial charge in [0.1, 0.15) is 0 Å². The van der Waals surface area contributed by atoms with E-state index in [-0.39, 0.29) is 18.0 Å². The van der Waals surface area contributed by atoms with Crippen molar-refractivity contribution in [2.75, 3.05) is 20.1 Å². The number of unbranched alkanes of at least 4 members (excludes halogenated alkanes) is 2. The lowest BCUT2D eigenvalue weighted by molar-refractivity contribution is -0.125. The summed E-state index contributed by atoms with van der Waals surface area (Å²) in [4.78, 5) is 28.9. The standard InChI is InChI=1S/C21H29N3O2/c1-5-6-7-12-24-13-17-18(20(24)25)19(22-21(26)23(17)4)16-10-8-15(9-11-16)14(2)3/h8-11,14,19H,5-7,12-13H2,1-4H3,(H,22,26)/t19-/m0/s1. The summed E-state index contributed by atoms with van der Waals surface area (Å²) in [6.07, 6.45) is 3.24. The fourth-order valence-electron chi connectivity index (χ4n) is 3.68. The van der Waals surface area contributed by atoms with Crippen molar-refractivity contribution >= 4 is 11.9 Å². The molecule has 2 aliphatic rings. The van der Waals surface area contributed by atoms with Crippen LogP contribution in [0.15, 0.2) is 35.5 Å². The zero-order valence-corrected chi connectivity index (χ0v) is 16.2. The first-order valence-electron chi connectivity index (χ1n) is 9.60. The number of amides is 3. The van der Waals surface area contributed by atoms with Crippen molar-refractivity contribution in [2.45, 2.75) is 52.0 Å². The molecule has 0 spiro atoms. The molecule has 1 aromatic carbocycles. The molecule has 0 bridgehead atoms. The highest BCUT2D eigenvalue weighted by Crippen LogP contribution is 2.36. The summed E-state index contributed by atoms with van der Waals surface area (Å²) in [5, 5.41) is 3.00. The van der Waals surface area contributed by atoms with E-state index in [0.717, 1.165) is 42.6 Å². The van der Waals surface area contributed by atoms with Gasteiger partial charge in [-0.05, 0) is 23.5 Å². The van der Waals surface area contributed by atoms with Gasteiger partial charge < -0.3 is 10.2 Å². The molecular weight excluding hydrogens is 326 g/mol. The van der Waals surface area contributed by atoms with Crippen LogP contribution in [0.25, 0.3) is 0 Å². The monoisotopic (exact) mass is 355 g/mol. The first kappa shape index (κ1) is 18.5. The van der Waals surface area contributed by atoms with Gasteiger partial charge >= 0.3 is 6.03 Å². The molecule has 2 heterocycles. The molecule has 2 aliphatic heterocycles. The maximum Gasteiger partial charge on any atom is 0.322 e. The molecule has 26 heavy (non-hydrogen) atoms. The number of hydrogen-bond acceptors (Lipinski definition) is 2. The first-order valence-corrected chi connectivity index (χ1v) is 9.60. The van der Waals surface area contributed by atoms with E-state index in [4.69, 9.17) is 0 Å². The van der Waals surface area contributed by atoms with Gasteiger partial charge in [-0.1, -0.05) is 57.9 Å². The highest BCUT2D eigenvalue weighted by molar-refractivity contribution is 6.01. The molecule has 1 N–H and O–H groups in total. The van der Waals surface area contributed by atoms with Crippen LogP contribution in [0.2, 0.25) is 0 Å². The normalized spacial score (nSPS) is 20.1. The highest BCUT2D eigenvalue weighted by atomic mass is 16.2. The Morgan fingerprint density at radius 2 is 1.85 bits per heavy atom. The van der Waals surface area contributed by atoms with Crippen molar-refractivity contribution in [1.82, 2.24) is 15.1 Å². The van der Waals surface area contributed by atoms with Crippen molar-refractivity contribution in [3.05, 3.63) is 46.7 Å². The van der Waals surface area contributed by atoms with Gasteiger partial charge in [0.2, 0.25) is 0 Å². The smallest absolute Gasteiger partial charge is 0.322 e. The summed E-state index contributed by atoms with van der Waals surface area (Å²) in [7, 11) is 1.74. The van der Waals surface area contributed by atoms with Crippen molar-refractivity contribution < 1.29 is 9.59 Å². The van der Waals surface area contributed by atoms with Crippen LogP contribution in [0.5, 0.6) is 0 Å². The van der Waals surface area contributed by atoms with Gasteiger partial charge in [0, 0.05) is 13.6 Å². The van der Waals surface area contributed by atoms with Crippen molar-refractivity contribution in [3.8, 4) is 0 Å². The minimum absolute atomic E-state index is 0.0564. The van der Waals surface area contributed by atoms with Crippen molar-refractivity contribution in [3.63, 3.8) is 0 Å². The minimum Gasteiger partial charge on any atom is -0.333 e. The number of carbonyl (C=O) groups excluding carboxylic acids is 2. The predicted octanol–water partition coefficient (Wildman–Crippen LogP) is 3.79. The maximum absolute atomic E-state index is 13.0. The third-order valence-corrected chi connectivity index (χ3v) is 5.40. The Bertz CT molecular complexity index is 721. The van der Waals surface area contributed by atoms with Gasteiger partial charge in [-0.3, -0.25) is 9.69 Å². The van der Waals surface area contributed by atoms with Crippen LogP contribution >= 0.6 is 0 Å². The van der Waals surface area contributed by atoms with Crippen molar-refractivity contribution in [2.24, 2.45) is 0 Å². The molecule has 0 saturated carbocycles. The van der Waals surface area contributed by atoms with E-state index in [9.17, 15) is 9.59 Å². The Kier molecular flexibility index (Phi) is 5.35. The van der Waals surface area contributed by atoms with E-state index in [1.165, 1.54) is 5.56 Å². The summed E-state index contributed by atoms with van der Waals surface area (Å²) >= 11 is 0. The molecule has 0 saturated heterocycles. The van der Waals surface area contributed by atoms with Crippen LogP contribution in [-0.2, 0) is 4.79 Å². The van der Waals surface area contributed by atoms with Crippen LogP contribution in [-0.4, -0.2) is 41.9 Å². The Morgan fingerprint density at radius 1 is 1.15 bits per heavy atom. The molecule has 1 atom stereocenters. The van der Waals surface area contributed by atoms with E-state index >= 15 is 0 Å². The second-order valence-electron chi connectivity index (χ2n) is 7.56. The maximum atomic E-state index is 13.0. The van der Waals surface area contributed by atoms with Crippen LogP contribution in [0.3, 0.4) is 0 Å². The Hall–Kier alpha value is -2.30. The molecule has 5 heteroatoms. The Balaban J connectivity index is 1.88. The molecule has 140 valence electrons. The zero-order valence-electron chi connectivity index (χ0n) is 16.2. The number of benzene rings is 1. The average Bonchev–Trinajstić information content (AvgIpc) is 2.96. The van der Waals surface area contributed by atoms with Crippen LogP contribution < -0.4 is 5.32 Å². The van der Waals surface area contributed by atoms with E-state index < -0.39 is 0 Å². The van der Waals surface area contributed by atoms with E-state index in [1.54, 1.807) is 11.9 Å². The number of nitrogens with one attached hydrogen (secondary N) is 1. The molecular formula is C21H29N3O2. The number of carbonyl (C=O) groups is 2. The number of rotatable bonds is 6. The topological polar surface area (TPSA) is 52.7 Å². The third kappa shape index (κ3) is 3.35. The fraction of sp³-hybridized carbons (Fsp3) is 0.524. The second-order valence-corrected chi connectivity index (χ2v) is 7.56. The lowest BCUT2D eigenvalue weighted by atomic mass is 9.93. The molecule has 0 fully saturated rings. The summed E-state index contributed by atoms with van der Waals surface area (Å²) in [6, 6.07) is 7.72. The summed E-state index contributed by atoms with van der Waals surface area (Å²) in [5.41, 5.74) is 3.78. The molecule has 3 rings (SSSR count). The number of urea groups is 1. The molecule has 0 radical (unpaired) electrons. The van der Waals surface area contributed by atoms with Crippen LogP contribution in [0, 0.1) is 0 Å². The Morgan fingerprint density at radius 3 is 2.46 bits per heavy atom. The SMILES string of the molecule is CCCCCN1CC2=C(C1=O)[C@H](c1ccc(C(C)C)cc1)NC(=O)N2C. The van der Waals surface area contributed by atoms with Gasteiger partial charge in [0.25, 0.3) is 5.91 Å². The molecule has 5 nitrogen and oxygen atoms in total. The molecule has 0 aliphatic carbocycles. The average molecular weight is 355 g/mol. The number of hydrogen-bond donors (Lipinski definition) is 1. The quantitative estimate of drug-likeness (QED) is 0.789. The molecule has 0 unspecified atom stereocenters.